The van der Waals surface area contributed by atoms with Crippen molar-refractivity contribution in [2.75, 3.05) is 39.8 Å². The molecule has 0 bridgehead atoms. The van der Waals surface area contributed by atoms with Crippen molar-refractivity contribution in [1.82, 2.24) is 19.8 Å². The molecule has 0 spiro atoms. The standard InChI is InChI=1S/C10H19N5/c1-14-2-4-15(5-3-14)10(6-11)9-7-12-8-13-9/h7-8,10H,2-6,11H2,1H3,(H,12,13). The van der Waals surface area contributed by atoms with Crippen LogP contribution in [0.5, 0.6) is 0 Å². The van der Waals surface area contributed by atoms with E-state index in [2.05, 4.69) is 26.8 Å². The zero-order valence-electron chi connectivity index (χ0n) is 9.19. The summed E-state index contributed by atoms with van der Waals surface area (Å²) in [4.78, 5) is 12.0. The Morgan fingerprint density at radius 2 is 2.20 bits per heavy atom. The van der Waals surface area contributed by atoms with E-state index in [9.17, 15) is 0 Å². The SMILES string of the molecule is CN1CCN(C(CN)c2cnc[nH]2)CC1. The molecule has 1 aliphatic heterocycles. The van der Waals surface area contributed by atoms with Gasteiger partial charge < -0.3 is 15.6 Å². The van der Waals surface area contributed by atoms with Crippen LogP contribution in [-0.4, -0.2) is 59.5 Å². The molecule has 1 aromatic rings. The van der Waals surface area contributed by atoms with Gasteiger partial charge in [-0.1, -0.05) is 0 Å². The Kier molecular flexibility index (Phi) is 3.35. The van der Waals surface area contributed by atoms with E-state index in [4.69, 9.17) is 5.73 Å². The molecule has 1 aliphatic rings. The van der Waals surface area contributed by atoms with Crippen molar-refractivity contribution in [3.05, 3.63) is 18.2 Å². The number of nitrogens with zero attached hydrogens (tertiary/aromatic N) is 3. The van der Waals surface area contributed by atoms with Gasteiger partial charge in [0.2, 0.25) is 0 Å². The molecule has 5 nitrogen and oxygen atoms in total. The van der Waals surface area contributed by atoms with Gasteiger partial charge in [0, 0.05) is 38.9 Å². The minimum atomic E-state index is 0.293. The van der Waals surface area contributed by atoms with Crippen LogP contribution in [0.3, 0.4) is 0 Å². The molecule has 84 valence electrons. The van der Waals surface area contributed by atoms with Gasteiger partial charge in [-0.25, -0.2) is 4.98 Å². The lowest BCUT2D eigenvalue weighted by Gasteiger charge is -2.36. The highest BCUT2D eigenvalue weighted by atomic mass is 15.3. The number of aromatic nitrogens is 2. The average molecular weight is 209 g/mol. The first-order valence-electron chi connectivity index (χ1n) is 5.42. The summed E-state index contributed by atoms with van der Waals surface area (Å²) >= 11 is 0. The van der Waals surface area contributed by atoms with E-state index in [-0.39, 0.29) is 0 Å². The molecule has 1 saturated heterocycles. The Morgan fingerprint density at radius 1 is 1.47 bits per heavy atom. The number of imidazole rings is 1. The summed E-state index contributed by atoms with van der Waals surface area (Å²) in [6.07, 6.45) is 3.59. The molecule has 0 radical (unpaired) electrons. The number of aromatic amines is 1. The van der Waals surface area contributed by atoms with Crippen molar-refractivity contribution >= 4 is 0 Å². The molecule has 2 heterocycles. The first-order chi connectivity index (χ1) is 7.31. The largest absolute Gasteiger partial charge is 0.347 e. The van der Waals surface area contributed by atoms with E-state index in [1.807, 2.05) is 6.20 Å². The maximum absolute atomic E-state index is 5.83. The third kappa shape index (κ3) is 2.37. The molecule has 2 rings (SSSR count). The van der Waals surface area contributed by atoms with Crippen LogP contribution in [0.4, 0.5) is 0 Å². The van der Waals surface area contributed by atoms with E-state index in [0.29, 0.717) is 12.6 Å². The third-order valence-electron chi connectivity index (χ3n) is 3.08. The number of rotatable bonds is 3. The number of likely N-dealkylation sites (N-methyl/N-ethyl adjacent to an activating group) is 1. The highest BCUT2D eigenvalue weighted by Crippen LogP contribution is 2.18. The second kappa shape index (κ2) is 4.74. The lowest BCUT2D eigenvalue weighted by molar-refractivity contribution is 0.113. The van der Waals surface area contributed by atoms with E-state index >= 15 is 0 Å². The van der Waals surface area contributed by atoms with Crippen molar-refractivity contribution in [2.45, 2.75) is 6.04 Å². The van der Waals surface area contributed by atoms with Crippen LogP contribution in [0, 0.1) is 0 Å². The summed E-state index contributed by atoms with van der Waals surface area (Å²) < 4.78 is 0. The van der Waals surface area contributed by atoms with Gasteiger partial charge in [-0.15, -0.1) is 0 Å². The van der Waals surface area contributed by atoms with Crippen LogP contribution in [0.1, 0.15) is 11.7 Å². The summed E-state index contributed by atoms with van der Waals surface area (Å²) in [5.41, 5.74) is 6.95. The molecule has 1 aromatic heterocycles. The van der Waals surface area contributed by atoms with Gasteiger partial charge in [0.05, 0.1) is 18.1 Å². The first-order valence-corrected chi connectivity index (χ1v) is 5.42. The van der Waals surface area contributed by atoms with Crippen molar-refractivity contribution in [2.24, 2.45) is 5.73 Å². The summed E-state index contributed by atoms with van der Waals surface area (Å²) in [5.74, 6) is 0. The summed E-state index contributed by atoms with van der Waals surface area (Å²) in [6.45, 7) is 5.04. The van der Waals surface area contributed by atoms with E-state index in [1.54, 1.807) is 6.33 Å². The Hall–Kier alpha value is -0.910. The number of hydrogen-bond acceptors (Lipinski definition) is 4. The Labute approximate surface area is 90.3 Å². The maximum atomic E-state index is 5.83. The monoisotopic (exact) mass is 209 g/mol. The minimum Gasteiger partial charge on any atom is -0.347 e. The minimum absolute atomic E-state index is 0.293. The predicted molar refractivity (Wildman–Crippen MR) is 59.5 cm³/mol. The molecular weight excluding hydrogens is 190 g/mol. The maximum Gasteiger partial charge on any atom is 0.0922 e. The van der Waals surface area contributed by atoms with Gasteiger partial charge in [-0.05, 0) is 7.05 Å². The molecule has 3 N–H and O–H groups in total. The van der Waals surface area contributed by atoms with Crippen LogP contribution in [0.25, 0.3) is 0 Å². The fourth-order valence-electron chi connectivity index (χ4n) is 2.06. The normalized spacial score (nSPS) is 21.7. The molecule has 5 heteroatoms. The molecule has 0 aliphatic carbocycles. The number of nitrogens with one attached hydrogen (secondary N) is 1. The molecular formula is C10H19N5. The molecule has 1 atom stereocenters. The molecule has 15 heavy (non-hydrogen) atoms. The van der Waals surface area contributed by atoms with Crippen LogP contribution in [-0.2, 0) is 0 Å². The van der Waals surface area contributed by atoms with E-state index in [0.717, 1.165) is 31.9 Å². The molecule has 0 amide bonds. The van der Waals surface area contributed by atoms with E-state index < -0.39 is 0 Å². The first kappa shape index (κ1) is 10.6. The number of nitrogens with two attached hydrogens (primary N) is 1. The Bertz CT molecular complexity index is 276. The van der Waals surface area contributed by atoms with E-state index in [1.165, 1.54) is 0 Å². The molecule has 1 fully saturated rings. The van der Waals surface area contributed by atoms with Crippen molar-refractivity contribution in [1.29, 1.82) is 0 Å². The average Bonchev–Trinajstić information content (AvgIpc) is 2.75. The lowest BCUT2D eigenvalue weighted by atomic mass is 10.1. The molecule has 1 unspecified atom stereocenters. The summed E-state index contributed by atoms with van der Waals surface area (Å²) in [5, 5.41) is 0. The number of H-pyrrole nitrogens is 1. The number of piperazine rings is 1. The summed E-state index contributed by atoms with van der Waals surface area (Å²) in [7, 11) is 2.16. The van der Waals surface area contributed by atoms with Crippen LogP contribution < -0.4 is 5.73 Å². The lowest BCUT2D eigenvalue weighted by Crippen LogP contribution is -2.47. The number of hydrogen-bond donors (Lipinski definition) is 2. The smallest absolute Gasteiger partial charge is 0.0922 e. The van der Waals surface area contributed by atoms with Crippen molar-refractivity contribution in [3.63, 3.8) is 0 Å². The fourth-order valence-corrected chi connectivity index (χ4v) is 2.06. The molecule has 0 aromatic carbocycles. The van der Waals surface area contributed by atoms with Gasteiger partial charge in [0.25, 0.3) is 0 Å². The highest BCUT2D eigenvalue weighted by Gasteiger charge is 2.23. The van der Waals surface area contributed by atoms with Crippen LogP contribution in [0.15, 0.2) is 12.5 Å². The van der Waals surface area contributed by atoms with Crippen molar-refractivity contribution in [3.8, 4) is 0 Å². The third-order valence-corrected chi connectivity index (χ3v) is 3.08. The predicted octanol–water partition coefficient (Wildman–Crippen LogP) is -0.343. The van der Waals surface area contributed by atoms with Gasteiger partial charge in [0.1, 0.15) is 0 Å². The van der Waals surface area contributed by atoms with Gasteiger partial charge in [-0.2, -0.15) is 0 Å². The zero-order valence-corrected chi connectivity index (χ0v) is 9.19. The Balaban J connectivity index is 2.01. The second-order valence-corrected chi connectivity index (χ2v) is 4.10. The summed E-state index contributed by atoms with van der Waals surface area (Å²) in [6, 6.07) is 0.293. The molecule has 0 saturated carbocycles. The highest BCUT2D eigenvalue weighted by molar-refractivity contribution is 5.04. The van der Waals surface area contributed by atoms with Crippen molar-refractivity contribution < 1.29 is 0 Å². The zero-order chi connectivity index (χ0) is 10.7. The van der Waals surface area contributed by atoms with Crippen LogP contribution in [0.2, 0.25) is 0 Å². The van der Waals surface area contributed by atoms with Crippen LogP contribution >= 0.6 is 0 Å². The second-order valence-electron chi connectivity index (χ2n) is 4.10. The fraction of sp³-hybridized carbons (Fsp3) is 0.700. The van der Waals surface area contributed by atoms with Gasteiger partial charge in [-0.3, -0.25) is 4.90 Å². The topological polar surface area (TPSA) is 61.2 Å². The van der Waals surface area contributed by atoms with Gasteiger partial charge >= 0.3 is 0 Å². The van der Waals surface area contributed by atoms with Gasteiger partial charge in [0.15, 0.2) is 0 Å². The quantitative estimate of drug-likeness (QED) is 0.715. The Morgan fingerprint density at radius 3 is 2.73 bits per heavy atom.